The molecule has 1 amide bonds. The highest BCUT2D eigenvalue weighted by Gasteiger charge is 2.29. The average Bonchev–Trinajstić information content (AvgIpc) is 3.42. The first-order valence-corrected chi connectivity index (χ1v) is 10.4. The Labute approximate surface area is 167 Å². The maximum absolute atomic E-state index is 12.8. The van der Waals surface area contributed by atoms with Crippen LogP contribution >= 0.6 is 11.3 Å². The van der Waals surface area contributed by atoms with E-state index in [2.05, 4.69) is 51.4 Å². The number of likely N-dealkylation sites (tertiary alicyclic amines) is 1. The standard InChI is InChI=1S/C22H20N4OS/c27-22(19-13-28-14-24-19)26-11-3-4-16(12-26)21-20(15-7-9-23-10-8-15)17-5-1-2-6-18(17)25-21/h1-2,5-10,13-14,16,25H,3-4,11-12H2. The maximum Gasteiger partial charge on any atom is 0.273 e. The van der Waals surface area contributed by atoms with Gasteiger partial charge in [-0.05, 0) is 36.6 Å². The molecule has 4 heterocycles. The van der Waals surface area contributed by atoms with Gasteiger partial charge in [0.2, 0.25) is 0 Å². The molecular weight excluding hydrogens is 368 g/mol. The number of piperidine rings is 1. The number of aromatic nitrogens is 3. The van der Waals surface area contributed by atoms with E-state index in [0.717, 1.165) is 30.5 Å². The predicted molar refractivity (Wildman–Crippen MR) is 112 cm³/mol. The van der Waals surface area contributed by atoms with Gasteiger partial charge in [-0.1, -0.05) is 18.2 Å². The second-order valence-corrected chi connectivity index (χ2v) is 7.88. The fourth-order valence-corrected chi connectivity index (χ4v) is 4.70. The molecule has 28 heavy (non-hydrogen) atoms. The largest absolute Gasteiger partial charge is 0.358 e. The summed E-state index contributed by atoms with van der Waals surface area (Å²) in [7, 11) is 0. The molecule has 1 N–H and O–H groups in total. The van der Waals surface area contributed by atoms with Crippen LogP contribution in [0.25, 0.3) is 22.0 Å². The van der Waals surface area contributed by atoms with Crippen LogP contribution in [-0.2, 0) is 0 Å². The third-order valence-corrected chi connectivity index (χ3v) is 6.06. The topological polar surface area (TPSA) is 61.9 Å². The second-order valence-electron chi connectivity index (χ2n) is 7.16. The van der Waals surface area contributed by atoms with Gasteiger partial charge in [0.25, 0.3) is 5.91 Å². The molecule has 0 bridgehead atoms. The van der Waals surface area contributed by atoms with Crippen molar-refractivity contribution in [2.24, 2.45) is 0 Å². The van der Waals surface area contributed by atoms with E-state index in [-0.39, 0.29) is 11.8 Å². The first-order chi connectivity index (χ1) is 13.8. The molecule has 1 unspecified atom stereocenters. The maximum atomic E-state index is 12.8. The van der Waals surface area contributed by atoms with Crippen LogP contribution in [0.1, 0.15) is 34.9 Å². The van der Waals surface area contributed by atoms with Crippen LogP contribution in [0.4, 0.5) is 0 Å². The van der Waals surface area contributed by atoms with Gasteiger partial charge in [-0.3, -0.25) is 9.78 Å². The summed E-state index contributed by atoms with van der Waals surface area (Å²) in [5, 5.41) is 3.05. The first-order valence-electron chi connectivity index (χ1n) is 9.50. The molecule has 0 saturated carbocycles. The lowest BCUT2D eigenvalue weighted by atomic mass is 9.89. The monoisotopic (exact) mass is 388 g/mol. The van der Waals surface area contributed by atoms with Crippen molar-refractivity contribution in [2.75, 3.05) is 13.1 Å². The van der Waals surface area contributed by atoms with Gasteiger partial charge in [-0.15, -0.1) is 11.3 Å². The summed E-state index contributed by atoms with van der Waals surface area (Å²) < 4.78 is 0. The van der Waals surface area contributed by atoms with Crippen LogP contribution in [0.3, 0.4) is 0 Å². The highest BCUT2D eigenvalue weighted by molar-refractivity contribution is 7.07. The van der Waals surface area contributed by atoms with Gasteiger partial charge in [0.05, 0.1) is 5.51 Å². The lowest BCUT2D eigenvalue weighted by molar-refractivity contribution is 0.0701. The minimum atomic E-state index is 0.0347. The third-order valence-electron chi connectivity index (χ3n) is 5.47. The number of thiazole rings is 1. The molecule has 0 spiro atoms. The molecule has 0 radical (unpaired) electrons. The molecule has 140 valence electrons. The van der Waals surface area contributed by atoms with Gasteiger partial charge in [0.15, 0.2) is 0 Å². The Kier molecular flexibility index (Phi) is 4.41. The summed E-state index contributed by atoms with van der Waals surface area (Å²) in [6.45, 7) is 1.50. The molecule has 1 aromatic carbocycles. The number of hydrogen-bond acceptors (Lipinski definition) is 4. The highest BCUT2D eigenvalue weighted by atomic mass is 32.1. The van der Waals surface area contributed by atoms with Crippen LogP contribution < -0.4 is 0 Å². The number of nitrogens with one attached hydrogen (secondary N) is 1. The summed E-state index contributed by atoms with van der Waals surface area (Å²) in [4.78, 5) is 26.8. The van der Waals surface area contributed by atoms with E-state index in [0.29, 0.717) is 12.2 Å². The van der Waals surface area contributed by atoms with Crippen molar-refractivity contribution >= 4 is 28.1 Å². The van der Waals surface area contributed by atoms with Gasteiger partial charge in [-0.2, -0.15) is 0 Å². The fraction of sp³-hybridized carbons (Fsp3) is 0.227. The molecular formula is C22H20N4OS. The summed E-state index contributed by atoms with van der Waals surface area (Å²) in [5.41, 5.74) is 7.00. The van der Waals surface area contributed by atoms with Gasteiger partial charge < -0.3 is 9.88 Å². The van der Waals surface area contributed by atoms with E-state index in [4.69, 9.17) is 0 Å². The molecule has 5 nitrogen and oxygen atoms in total. The highest BCUT2D eigenvalue weighted by Crippen LogP contribution is 2.39. The Hall–Kier alpha value is -2.99. The first kappa shape index (κ1) is 17.1. The van der Waals surface area contributed by atoms with Crippen molar-refractivity contribution in [1.82, 2.24) is 19.9 Å². The van der Waals surface area contributed by atoms with Crippen LogP contribution in [0.2, 0.25) is 0 Å². The zero-order valence-corrected chi connectivity index (χ0v) is 16.2. The van der Waals surface area contributed by atoms with Gasteiger partial charge in [0, 0.05) is 58.9 Å². The van der Waals surface area contributed by atoms with Crippen molar-refractivity contribution in [2.45, 2.75) is 18.8 Å². The van der Waals surface area contributed by atoms with Crippen LogP contribution in [0.5, 0.6) is 0 Å². The molecule has 1 aliphatic heterocycles. The number of aromatic amines is 1. The fourth-order valence-electron chi connectivity index (χ4n) is 4.18. The number of rotatable bonds is 3. The van der Waals surface area contributed by atoms with Gasteiger partial charge >= 0.3 is 0 Å². The Balaban J connectivity index is 1.55. The number of para-hydroxylation sites is 1. The van der Waals surface area contributed by atoms with E-state index in [1.165, 1.54) is 28.0 Å². The van der Waals surface area contributed by atoms with Gasteiger partial charge in [-0.25, -0.2) is 4.98 Å². The molecule has 4 aromatic rings. The predicted octanol–water partition coefficient (Wildman–Crippen LogP) is 4.71. The molecule has 1 aliphatic rings. The van der Waals surface area contributed by atoms with Crippen molar-refractivity contribution in [3.63, 3.8) is 0 Å². The van der Waals surface area contributed by atoms with Crippen LogP contribution in [-0.4, -0.2) is 38.8 Å². The minimum absolute atomic E-state index is 0.0347. The zero-order chi connectivity index (χ0) is 18.9. The molecule has 0 aliphatic carbocycles. The van der Waals surface area contributed by atoms with E-state index in [1.54, 1.807) is 5.51 Å². The van der Waals surface area contributed by atoms with Crippen LogP contribution in [0.15, 0.2) is 59.7 Å². The summed E-state index contributed by atoms with van der Waals surface area (Å²) in [6, 6.07) is 12.5. The quantitative estimate of drug-likeness (QED) is 0.553. The number of carbonyl (C=O) groups excluding carboxylic acids is 1. The molecule has 3 aromatic heterocycles. The van der Waals surface area contributed by atoms with Crippen molar-refractivity contribution in [3.8, 4) is 11.1 Å². The Morgan fingerprint density at radius 1 is 1.18 bits per heavy atom. The smallest absolute Gasteiger partial charge is 0.273 e. The number of hydrogen-bond donors (Lipinski definition) is 1. The third kappa shape index (κ3) is 2.99. The Morgan fingerprint density at radius 2 is 2.04 bits per heavy atom. The molecule has 1 saturated heterocycles. The number of fused-ring (bicyclic) bond motifs is 1. The lowest BCUT2D eigenvalue weighted by Crippen LogP contribution is -2.39. The van der Waals surface area contributed by atoms with Crippen molar-refractivity contribution in [3.05, 3.63) is 71.1 Å². The second kappa shape index (κ2) is 7.20. The molecule has 1 atom stereocenters. The number of nitrogens with zero attached hydrogens (tertiary/aromatic N) is 3. The summed E-state index contributed by atoms with van der Waals surface area (Å²) in [5.74, 6) is 0.305. The zero-order valence-electron chi connectivity index (χ0n) is 15.3. The number of H-pyrrole nitrogens is 1. The molecule has 6 heteroatoms. The number of pyridine rings is 1. The lowest BCUT2D eigenvalue weighted by Gasteiger charge is -2.32. The van der Waals surface area contributed by atoms with Crippen LogP contribution in [0, 0.1) is 0 Å². The van der Waals surface area contributed by atoms with Crippen molar-refractivity contribution < 1.29 is 4.79 Å². The van der Waals surface area contributed by atoms with E-state index in [9.17, 15) is 4.79 Å². The average molecular weight is 388 g/mol. The Morgan fingerprint density at radius 3 is 2.86 bits per heavy atom. The minimum Gasteiger partial charge on any atom is -0.358 e. The molecule has 1 fully saturated rings. The normalized spacial score (nSPS) is 17.1. The Bertz CT molecular complexity index is 1100. The summed E-state index contributed by atoms with van der Waals surface area (Å²) >= 11 is 1.46. The number of benzene rings is 1. The van der Waals surface area contributed by atoms with E-state index < -0.39 is 0 Å². The molecule has 5 rings (SSSR count). The number of carbonyl (C=O) groups is 1. The number of amides is 1. The summed E-state index contributed by atoms with van der Waals surface area (Å²) in [6.07, 6.45) is 5.72. The SMILES string of the molecule is O=C(c1cscn1)N1CCCC(c2[nH]c3ccccc3c2-c2ccncc2)C1. The van der Waals surface area contributed by atoms with E-state index >= 15 is 0 Å². The van der Waals surface area contributed by atoms with E-state index in [1.807, 2.05) is 22.7 Å². The van der Waals surface area contributed by atoms with Crippen molar-refractivity contribution in [1.29, 1.82) is 0 Å². The van der Waals surface area contributed by atoms with Gasteiger partial charge in [0.1, 0.15) is 5.69 Å².